The molecule has 2 aromatic carbocycles. The van der Waals surface area contributed by atoms with E-state index in [-0.39, 0.29) is 22.6 Å². The Hall–Kier alpha value is -1.45. The predicted molar refractivity (Wildman–Crippen MR) is 82.8 cm³/mol. The van der Waals surface area contributed by atoms with Crippen molar-refractivity contribution >= 4 is 11.6 Å². The summed E-state index contributed by atoms with van der Waals surface area (Å²) in [5, 5.41) is 3.40. The molecule has 0 aliphatic carbocycles. The minimum atomic E-state index is -0.372. The highest BCUT2D eigenvalue weighted by molar-refractivity contribution is 6.30. The van der Waals surface area contributed by atoms with Crippen molar-refractivity contribution in [1.82, 2.24) is 5.32 Å². The molecule has 0 aliphatic rings. The molecule has 4 heteroatoms. The third kappa shape index (κ3) is 4.26. The number of rotatable bonds is 6. The summed E-state index contributed by atoms with van der Waals surface area (Å²) in [6.45, 7) is 3.55. The maximum absolute atomic E-state index is 14.1. The van der Waals surface area contributed by atoms with E-state index >= 15 is 0 Å². The molecule has 0 bridgehead atoms. The molecule has 1 N–H and O–H groups in total. The molecule has 112 valence electrons. The fraction of sp³-hybridized carbons (Fsp3) is 0.294. The van der Waals surface area contributed by atoms with Gasteiger partial charge in [0.25, 0.3) is 0 Å². The number of benzene rings is 2. The highest BCUT2D eigenvalue weighted by Gasteiger charge is 2.15. The molecule has 0 heterocycles. The lowest BCUT2D eigenvalue weighted by Gasteiger charge is -2.18. The van der Waals surface area contributed by atoms with E-state index in [9.17, 15) is 8.78 Å². The summed E-state index contributed by atoms with van der Waals surface area (Å²) >= 11 is 5.83. The first-order chi connectivity index (χ1) is 10.1. The van der Waals surface area contributed by atoms with Crippen molar-refractivity contribution in [3.8, 4) is 0 Å². The molecule has 2 aromatic rings. The van der Waals surface area contributed by atoms with Crippen molar-refractivity contribution in [2.75, 3.05) is 13.1 Å². The number of halogens is 3. The second-order valence-electron chi connectivity index (χ2n) is 4.97. The van der Waals surface area contributed by atoms with Gasteiger partial charge in [-0.25, -0.2) is 8.78 Å². The van der Waals surface area contributed by atoms with Gasteiger partial charge in [0.1, 0.15) is 11.6 Å². The van der Waals surface area contributed by atoms with Crippen LogP contribution in [-0.2, 0) is 6.42 Å². The smallest absolute Gasteiger partial charge is 0.144 e. The van der Waals surface area contributed by atoms with Gasteiger partial charge in [0.2, 0.25) is 0 Å². The Morgan fingerprint density at radius 3 is 2.48 bits per heavy atom. The molecule has 0 saturated heterocycles. The lowest BCUT2D eigenvalue weighted by Crippen LogP contribution is -2.23. The summed E-state index contributed by atoms with van der Waals surface area (Å²) in [5.74, 6) is -0.573. The van der Waals surface area contributed by atoms with Crippen molar-refractivity contribution in [3.63, 3.8) is 0 Å². The lowest BCUT2D eigenvalue weighted by atomic mass is 9.91. The molecular weight excluding hydrogens is 292 g/mol. The van der Waals surface area contributed by atoms with Gasteiger partial charge in [-0.1, -0.05) is 42.8 Å². The second kappa shape index (κ2) is 7.53. The second-order valence-corrected chi connectivity index (χ2v) is 5.38. The Morgan fingerprint density at radius 1 is 1.10 bits per heavy atom. The number of hydrogen-bond acceptors (Lipinski definition) is 1. The highest BCUT2D eigenvalue weighted by Crippen LogP contribution is 2.25. The summed E-state index contributed by atoms with van der Waals surface area (Å²) in [6.07, 6.45) is 0.519. The molecule has 0 amide bonds. The van der Waals surface area contributed by atoms with Gasteiger partial charge in [0.15, 0.2) is 0 Å². The molecule has 2 rings (SSSR count). The summed E-state index contributed by atoms with van der Waals surface area (Å²) in [5.41, 5.74) is 1.56. The van der Waals surface area contributed by atoms with Gasteiger partial charge in [-0.05, 0) is 42.3 Å². The Kier molecular flexibility index (Phi) is 5.71. The molecule has 0 radical (unpaired) electrons. The zero-order valence-corrected chi connectivity index (χ0v) is 12.6. The average molecular weight is 310 g/mol. The fourth-order valence-corrected chi connectivity index (χ4v) is 2.53. The van der Waals surface area contributed by atoms with Crippen LogP contribution in [-0.4, -0.2) is 13.1 Å². The molecule has 0 saturated carbocycles. The maximum Gasteiger partial charge on any atom is 0.144 e. The van der Waals surface area contributed by atoms with Gasteiger partial charge in [0, 0.05) is 12.5 Å². The zero-order chi connectivity index (χ0) is 15.2. The van der Waals surface area contributed by atoms with Crippen LogP contribution < -0.4 is 5.32 Å². The number of hydrogen-bond donors (Lipinski definition) is 1. The first-order valence-electron chi connectivity index (χ1n) is 7.01. The summed E-state index contributed by atoms with van der Waals surface area (Å²) in [6, 6.07) is 11.4. The van der Waals surface area contributed by atoms with Crippen molar-refractivity contribution in [1.29, 1.82) is 0 Å². The fourth-order valence-electron chi connectivity index (χ4n) is 2.33. The molecule has 0 spiro atoms. The third-order valence-electron chi connectivity index (χ3n) is 3.48. The Bertz CT molecular complexity index is 584. The predicted octanol–water partition coefficient (Wildman–Crippen LogP) is 4.55. The Labute approximate surface area is 128 Å². The van der Waals surface area contributed by atoms with Crippen LogP contribution in [0.15, 0.2) is 42.5 Å². The highest BCUT2D eigenvalue weighted by atomic mass is 35.5. The van der Waals surface area contributed by atoms with Crippen LogP contribution in [0, 0.1) is 11.6 Å². The average Bonchev–Trinajstić information content (AvgIpc) is 2.49. The molecule has 0 aliphatic heterocycles. The van der Waals surface area contributed by atoms with Crippen molar-refractivity contribution in [3.05, 3.63) is 70.2 Å². The monoisotopic (exact) mass is 309 g/mol. The van der Waals surface area contributed by atoms with Crippen LogP contribution >= 0.6 is 11.6 Å². The van der Waals surface area contributed by atoms with Crippen molar-refractivity contribution in [2.24, 2.45) is 0 Å². The largest absolute Gasteiger partial charge is 0.316 e. The molecular formula is C17H18ClF2N. The van der Waals surface area contributed by atoms with E-state index in [1.165, 1.54) is 18.2 Å². The molecule has 21 heavy (non-hydrogen) atoms. The first kappa shape index (κ1) is 15.9. The van der Waals surface area contributed by atoms with Gasteiger partial charge in [0.05, 0.1) is 5.02 Å². The summed E-state index contributed by atoms with van der Waals surface area (Å²) < 4.78 is 27.1. The Balaban J connectivity index is 2.23. The number of likely N-dealkylation sites (N-methyl/N-ethyl adjacent to an activating group) is 1. The normalized spacial score (nSPS) is 12.4. The van der Waals surface area contributed by atoms with Crippen LogP contribution in [0.25, 0.3) is 0 Å². The maximum atomic E-state index is 14.1. The first-order valence-corrected chi connectivity index (χ1v) is 7.38. The standard InChI is InChI=1S/C17H18ClF2N/c1-2-21-11-14(12-6-8-15(19)9-7-12)10-13-4-3-5-16(18)17(13)20/h3-9,14,21H,2,10-11H2,1H3. The minimum Gasteiger partial charge on any atom is -0.316 e. The minimum absolute atomic E-state index is 0.0681. The molecule has 1 nitrogen and oxygen atoms in total. The third-order valence-corrected chi connectivity index (χ3v) is 3.77. The van der Waals surface area contributed by atoms with E-state index < -0.39 is 0 Å². The van der Waals surface area contributed by atoms with E-state index in [0.29, 0.717) is 18.5 Å². The van der Waals surface area contributed by atoms with Crippen molar-refractivity contribution < 1.29 is 8.78 Å². The van der Waals surface area contributed by atoms with E-state index in [0.717, 1.165) is 12.1 Å². The zero-order valence-electron chi connectivity index (χ0n) is 11.9. The molecule has 0 aromatic heterocycles. The molecule has 1 unspecified atom stereocenters. The Morgan fingerprint density at radius 2 is 1.81 bits per heavy atom. The number of nitrogens with one attached hydrogen (secondary N) is 1. The van der Waals surface area contributed by atoms with Crippen LogP contribution in [0.2, 0.25) is 5.02 Å². The van der Waals surface area contributed by atoms with Gasteiger partial charge in [-0.15, -0.1) is 0 Å². The molecule has 1 atom stereocenters. The van der Waals surface area contributed by atoms with E-state index in [1.54, 1.807) is 24.3 Å². The summed E-state index contributed by atoms with van der Waals surface area (Å²) in [7, 11) is 0. The SMILES string of the molecule is CCNCC(Cc1cccc(Cl)c1F)c1ccc(F)cc1. The van der Waals surface area contributed by atoms with Crippen LogP contribution in [0.5, 0.6) is 0 Å². The molecule has 0 fully saturated rings. The van der Waals surface area contributed by atoms with Gasteiger partial charge in [-0.3, -0.25) is 0 Å². The van der Waals surface area contributed by atoms with E-state index in [2.05, 4.69) is 5.32 Å². The van der Waals surface area contributed by atoms with E-state index in [4.69, 9.17) is 11.6 Å². The van der Waals surface area contributed by atoms with Gasteiger partial charge >= 0.3 is 0 Å². The summed E-state index contributed by atoms with van der Waals surface area (Å²) in [4.78, 5) is 0. The van der Waals surface area contributed by atoms with Gasteiger partial charge in [-0.2, -0.15) is 0 Å². The van der Waals surface area contributed by atoms with Gasteiger partial charge < -0.3 is 5.32 Å². The van der Waals surface area contributed by atoms with Crippen LogP contribution in [0.1, 0.15) is 24.0 Å². The quantitative estimate of drug-likeness (QED) is 0.825. The lowest BCUT2D eigenvalue weighted by molar-refractivity contribution is 0.560. The van der Waals surface area contributed by atoms with Crippen molar-refractivity contribution in [2.45, 2.75) is 19.3 Å². The van der Waals surface area contributed by atoms with Crippen LogP contribution in [0.4, 0.5) is 8.78 Å². The van der Waals surface area contributed by atoms with Crippen LogP contribution in [0.3, 0.4) is 0 Å². The van der Waals surface area contributed by atoms with E-state index in [1.807, 2.05) is 6.92 Å². The topological polar surface area (TPSA) is 12.0 Å².